The average molecular weight is 414 g/mol. The maximum Gasteiger partial charge on any atom is 0.416 e. The highest BCUT2D eigenvalue weighted by Crippen LogP contribution is 2.29. The van der Waals surface area contributed by atoms with E-state index >= 15 is 0 Å². The van der Waals surface area contributed by atoms with Gasteiger partial charge in [0.2, 0.25) is 10.0 Å². The number of aromatic nitrogens is 1. The molecule has 1 N–H and O–H groups in total. The number of rotatable bonds is 6. The normalized spacial score (nSPS) is 12.1. The number of hydrogen-bond donors (Lipinski definition) is 1. The predicted molar refractivity (Wildman–Crippen MR) is 94.1 cm³/mol. The van der Waals surface area contributed by atoms with E-state index in [1.807, 2.05) is 0 Å². The lowest BCUT2D eigenvalue weighted by atomic mass is 10.2. The van der Waals surface area contributed by atoms with Gasteiger partial charge in [0.15, 0.2) is 0 Å². The zero-order chi connectivity index (χ0) is 19.5. The van der Waals surface area contributed by atoms with E-state index in [0.717, 1.165) is 24.3 Å². The van der Waals surface area contributed by atoms with Crippen LogP contribution in [0.15, 0.2) is 65.0 Å². The Kier molecular flexibility index (Phi) is 5.49. The quantitative estimate of drug-likeness (QED) is 0.648. The summed E-state index contributed by atoms with van der Waals surface area (Å²) < 4.78 is 70.0. The predicted octanol–water partition coefficient (Wildman–Crippen LogP) is 4.43. The highest BCUT2D eigenvalue weighted by atomic mass is 32.2. The van der Waals surface area contributed by atoms with Gasteiger partial charge >= 0.3 is 6.18 Å². The number of hydrogen-bond acceptors (Lipinski definition) is 5. The molecule has 2 aromatic carbocycles. The van der Waals surface area contributed by atoms with Crippen LogP contribution in [0.1, 0.15) is 11.1 Å². The Bertz CT molecular complexity index is 985. The van der Waals surface area contributed by atoms with Crippen molar-refractivity contribution in [1.29, 1.82) is 0 Å². The van der Waals surface area contributed by atoms with E-state index in [1.165, 1.54) is 11.3 Å². The maximum absolute atomic E-state index is 12.6. The second-order valence-corrected chi connectivity index (χ2v) is 8.01. The zero-order valence-corrected chi connectivity index (χ0v) is 15.2. The third-order valence-electron chi connectivity index (χ3n) is 3.50. The van der Waals surface area contributed by atoms with E-state index in [4.69, 9.17) is 4.74 Å². The maximum atomic E-state index is 12.6. The third kappa shape index (κ3) is 5.06. The summed E-state index contributed by atoms with van der Waals surface area (Å²) in [5.74, 6) is 0.555. The van der Waals surface area contributed by atoms with Crippen LogP contribution in [0.3, 0.4) is 0 Å². The molecule has 142 valence electrons. The monoisotopic (exact) mass is 414 g/mol. The summed E-state index contributed by atoms with van der Waals surface area (Å²) in [5.41, 5.74) is -0.241. The highest BCUT2D eigenvalue weighted by Gasteiger charge is 2.30. The Morgan fingerprint density at radius 2 is 1.70 bits per heavy atom. The Morgan fingerprint density at radius 3 is 2.26 bits per heavy atom. The van der Waals surface area contributed by atoms with E-state index in [2.05, 4.69) is 9.71 Å². The van der Waals surface area contributed by atoms with Gasteiger partial charge in [0.1, 0.15) is 5.75 Å². The van der Waals surface area contributed by atoms with Gasteiger partial charge in [0.05, 0.1) is 10.5 Å². The second kappa shape index (κ2) is 7.67. The molecule has 1 aromatic heterocycles. The Morgan fingerprint density at radius 1 is 1.04 bits per heavy atom. The number of ether oxygens (including phenoxy) is 1. The molecule has 0 atom stereocenters. The molecule has 0 bridgehead atoms. The summed E-state index contributed by atoms with van der Waals surface area (Å²) in [6.07, 6.45) is -2.90. The van der Waals surface area contributed by atoms with Crippen molar-refractivity contribution in [2.45, 2.75) is 17.6 Å². The molecular weight excluding hydrogens is 401 g/mol. The van der Waals surface area contributed by atoms with Crippen molar-refractivity contribution in [2.24, 2.45) is 0 Å². The number of nitrogens with one attached hydrogen (secondary N) is 1. The fourth-order valence-corrected chi connectivity index (χ4v) is 3.64. The lowest BCUT2D eigenvalue weighted by Gasteiger charge is -2.10. The van der Waals surface area contributed by atoms with Gasteiger partial charge in [-0.25, -0.2) is 18.1 Å². The number of benzene rings is 2. The molecule has 1 heterocycles. The average Bonchev–Trinajstić information content (AvgIpc) is 3.14. The van der Waals surface area contributed by atoms with Crippen LogP contribution in [0, 0.1) is 0 Å². The van der Waals surface area contributed by atoms with Crippen LogP contribution in [0.5, 0.6) is 10.9 Å². The third-order valence-corrected chi connectivity index (χ3v) is 5.56. The van der Waals surface area contributed by atoms with Gasteiger partial charge in [-0.3, -0.25) is 0 Å². The van der Waals surface area contributed by atoms with Crippen molar-refractivity contribution in [3.63, 3.8) is 0 Å². The van der Waals surface area contributed by atoms with E-state index < -0.39 is 21.8 Å². The number of nitrogens with zero attached hydrogens (tertiary/aromatic N) is 1. The molecule has 0 spiro atoms. The Balaban J connectivity index is 1.63. The lowest BCUT2D eigenvalue weighted by Crippen LogP contribution is -2.23. The summed E-state index contributed by atoms with van der Waals surface area (Å²) in [6.45, 7) is -0.0130. The standard InChI is InChI=1S/C17H13F3N2O3S2/c18-17(19,20)13-3-7-15(8-4-13)27(23,24)22-11-12-1-5-14(6-2-12)25-16-21-9-10-26-16/h1-10,22H,11H2. The molecule has 0 aliphatic heterocycles. The highest BCUT2D eigenvalue weighted by molar-refractivity contribution is 7.89. The summed E-state index contributed by atoms with van der Waals surface area (Å²) >= 11 is 1.34. The smallest absolute Gasteiger partial charge is 0.416 e. The van der Waals surface area contributed by atoms with E-state index in [-0.39, 0.29) is 11.4 Å². The molecule has 0 amide bonds. The van der Waals surface area contributed by atoms with Crippen molar-refractivity contribution >= 4 is 21.4 Å². The summed E-state index contributed by atoms with van der Waals surface area (Å²) in [7, 11) is -3.93. The SMILES string of the molecule is O=S(=O)(NCc1ccc(Oc2nccs2)cc1)c1ccc(C(F)(F)F)cc1. The molecule has 0 aliphatic rings. The number of thiazole rings is 1. The van der Waals surface area contributed by atoms with Crippen LogP contribution in [0.4, 0.5) is 13.2 Å². The topological polar surface area (TPSA) is 68.3 Å². The fraction of sp³-hybridized carbons (Fsp3) is 0.118. The number of sulfonamides is 1. The van der Waals surface area contributed by atoms with E-state index in [1.54, 1.807) is 35.8 Å². The van der Waals surface area contributed by atoms with Crippen molar-refractivity contribution < 1.29 is 26.3 Å². The molecular formula is C17H13F3N2O3S2. The molecule has 10 heteroatoms. The van der Waals surface area contributed by atoms with Crippen LogP contribution < -0.4 is 9.46 Å². The largest absolute Gasteiger partial charge is 0.431 e. The molecule has 0 unspecified atom stereocenters. The summed E-state index contributed by atoms with van der Waals surface area (Å²) in [5, 5.41) is 2.27. The molecule has 0 saturated carbocycles. The second-order valence-electron chi connectivity index (χ2n) is 5.39. The van der Waals surface area contributed by atoms with Gasteiger partial charge in [-0.1, -0.05) is 23.5 Å². The van der Waals surface area contributed by atoms with Gasteiger partial charge in [0.25, 0.3) is 5.19 Å². The first-order valence-corrected chi connectivity index (χ1v) is 9.93. The molecule has 0 fully saturated rings. The minimum atomic E-state index is -4.52. The van der Waals surface area contributed by atoms with Crippen molar-refractivity contribution in [3.05, 3.63) is 71.2 Å². The first-order chi connectivity index (χ1) is 12.7. The lowest BCUT2D eigenvalue weighted by molar-refractivity contribution is -0.137. The molecule has 27 heavy (non-hydrogen) atoms. The fourth-order valence-electron chi connectivity index (χ4n) is 2.12. The number of alkyl halides is 3. The minimum Gasteiger partial charge on any atom is -0.431 e. The van der Waals surface area contributed by atoms with Gasteiger partial charge < -0.3 is 4.74 Å². The molecule has 3 rings (SSSR count). The van der Waals surface area contributed by atoms with E-state index in [9.17, 15) is 21.6 Å². The first-order valence-electron chi connectivity index (χ1n) is 7.57. The Hall–Kier alpha value is -2.43. The van der Waals surface area contributed by atoms with Crippen LogP contribution in [-0.2, 0) is 22.7 Å². The van der Waals surface area contributed by atoms with Crippen LogP contribution in [0.25, 0.3) is 0 Å². The van der Waals surface area contributed by atoms with Crippen LogP contribution in [0.2, 0.25) is 0 Å². The van der Waals surface area contributed by atoms with Crippen molar-refractivity contribution in [3.8, 4) is 10.9 Å². The van der Waals surface area contributed by atoms with Crippen LogP contribution in [-0.4, -0.2) is 13.4 Å². The first kappa shape index (κ1) is 19.3. The zero-order valence-electron chi connectivity index (χ0n) is 13.6. The molecule has 3 aromatic rings. The molecule has 0 saturated heterocycles. The number of halogens is 3. The van der Waals surface area contributed by atoms with Gasteiger partial charge in [-0.05, 0) is 42.0 Å². The van der Waals surface area contributed by atoms with Crippen molar-refractivity contribution in [1.82, 2.24) is 9.71 Å². The summed E-state index contributed by atoms with van der Waals surface area (Å²) in [6, 6.07) is 10.0. The van der Waals surface area contributed by atoms with E-state index in [0.29, 0.717) is 16.5 Å². The van der Waals surface area contributed by atoms with Gasteiger partial charge in [0, 0.05) is 18.1 Å². The molecule has 5 nitrogen and oxygen atoms in total. The van der Waals surface area contributed by atoms with Gasteiger partial charge in [-0.2, -0.15) is 13.2 Å². The minimum absolute atomic E-state index is 0.0130. The van der Waals surface area contributed by atoms with Crippen molar-refractivity contribution in [2.75, 3.05) is 0 Å². The van der Waals surface area contributed by atoms with Gasteiger partial charge in [-0.15, -0.1) is 0 Å². The molecule has 0 radical (unpaired) electrons. The van der Waals surface area contributed by atoms with Crippen LogP contribution >= 0.6 is 11.3 Å². The Labute approximate surface area is 157 Å². The summed E-state index contributed by atoms with van der Waals surface area (Å²) in [4.78, 5) is 3.75. The molecule has 0 aliphatic carbocycles.